The summed E-state index contributed by atoms with van der Waals surface area (Å²) in [5.74, 6) is 0.728. The molecule has 1 unspecified atom stereocenters. The second-order valence-corrected chi connectivity index (χ2v) is 4.29. The maximum atomic E-state index is 12.2. The van der Waals surface area contributed by atoms with E-state index in [2.05, 4.69) is 4.98 Å². The SMILES string of the molecule is CCOc1cncc(C(=O)C(CN)C(C)C)c1. The molecule has 0 aliphatic heterocycles. The number of pyridine rings is 1. The van der Waals surface area contributed by atoms with Gasteiger partial charge < -0.3 is 10.5 Å². The van der Waals surface area contributed by atoms with Gasteiger partial charge in [0.15, 0.2) is 5.78 Å². The van der Waals surface area contributed by atoms with Crippen LogP contribution in [-0.4, -0.2) is 23.9 Å². The summed E-state index contributed by atoms with van der Waals surface area (Å²) < 4.78 is 5.32. The number of hydrogen-bond acceptors (Lipinski definition) is 4. The molecule has 0 bridgehead atoms. The number of rotatable bonds is 6. The van der Waals surface area contributed by atoms with Gasteiger partial charge in [-0.2, -0.15) is 0 Å². The van der Waals surface area contributed by atoms with E-state index in [4.69, 9.17) is 10.5 Å². The topological polar surface area (TPSA) is 65.2 Å². The number of Topliss-reactive ketones (excluding diaryl/α,β-unsaturated/α-hetero) is 1. The van der Waals surface area contributed by atoms with Gasteiger partial charge in [-0.3, -0.25) is 9.78 Å². The molecule has 1 rings (SSSR count). The summed E-state index contributed by atoms with van der Waals surface area (Å²) in [5, 5.41) is 0. The number of hydrogen-bond donors (Lipinski definition) is 1. The molecule has 4 heteroatoms. The zero-order valence-electron chi connectivity index (χ0n) is 10.6. The Morgan fingerprint density at radius 2 is 2.18 bits per heavy atom. The Bertz CT molecular complexity index is 377. The van der Waals surface area contributed by atoms with Crippen LogP contribution < -0.4 is 10.5 Å². The molecular weight excluding hydrogens is 216 g/mol. The van der Waals surface area contributed by atoms with Crippen LogP contribution >= 0.6 is 0 Å². The summed E-state index contributed by atoms with van der Waals surface area (Å²) in [6.07, 6.45) is 3.17. The predicted molar refractivity (Wildman–Crippen MR) is 67.1 cm³/mol. The van der Waals surface area contributed by atoms with E-state index < -0.39 is 0 Å². The molecule has 0 saturated heterocycles. The van der Waals surface area contributed by atoms with Gasteiger partial charge in [0.2, 0.25) is 0 Å². The predicted octanol–water partition coefficient (Wildman–Crippen LogP) is 1.89. The van der Waals surface area contributed by atoms with Crippen molar-refractivity contribution in [1.82, 2.24) is 4.98 Å². The average molecular weight is 236 g/mol. The zero-order valence-corrected chi connectivity index (χ0v) is 10.6. The lowest BCUT2D eigenvalue weighted by Crippen LogP contribution is -2.28. The summed E-state index contributed by atoms with van der Waals surface area (Å²) in [6.45, 7) is 6.80. The molecular formula is C13H20N2O2. The Balaban J connectivity index is 2.91. The highest BCUT2D eigenvalue weighted by Crippen LogP contribution is 2.19. The first-order valence-electron chi connectivity index (χ1n) is 5.92. The van der Waals surface area contributed by atoms with E-state index in [1.54, 1.807) is 18.5 Å². The maximum absolute atomic E-state index is 12.2. The summed E-state index contributed by atoms with van der Waals surface area (Å²) in [4.78, 5) is 16.2. The Hall–Kier alpha value is -1.42. The molecule has 0 amide bonds. The Morgan fingerprint density at radius 3 is 2.71 bits per heavy atom. The summed E-state index contributed by atoms with van der Waals surface area (Å²) in [6, 6.07) is 1.73. The molecule has 1 aromatic rings. The van der Waals surface area contributed by atoms with Crippen LogP contribution in [0, 0.1) is 11.8 Å². The number of nitrogens with zero attached hydrogens (tertiary/aromatic N) is 1. The lowest BCUT2D eigenvalue weighted by molar-refractivity contribution is 0.0891. The third kappa shape index (κ3) is 3.53. The number of ether oxygens (including phenoxy) is 1. The first-order chi connectivity index (χ1) is 8.10. The van der Waals surface area contributed by atoms with Gasteiger partial charge in [0.05, 0.1) is 12.8 Å². The minimum absolute atomic E-state index is 0.0385. The second-order valence-electron chi connectivity index (χ2n) is 4.29. The number of aromatic nitrogens is 1. The fourth-order valence-electron chi connectivity index (χ4n) is 1.70. The molecule has 0 saturated carbocycles. The van der Waals surface area contributed by atoms with Crippen LogP contribution in [0.25, 0.3) is 0 Å². The highest BCUT2D eigenvalue weighted by Gasteiger charge is 2.22. The monoisotopic (exact) mass is 236 g/mol. The number of carbonyl (C=O) groups excluding carboxylic acids is 1. The maximum Gasteiger partial charge on any atom is 0.169 e. The van der Waals surface area contributed by atoms with Crippen molar-refractivity contribution >= 4 is 5.78 Å². The lowest BCUT2D eigenvalue weighted by Gasteiger charge is -2.17. The van der Waals surface area contributed by atoms with E-state index in [1.165, 1.54) is 0 Å². The van der Waals surface area contributed by atoms with Gasteiger partial charge in [-0.1, -0.05) is 13.8 Å². The van der Waals surface area contributed by atoms with E-state index in [0.717, 1.165) is 0 Å². The van der Waals surface area contributed by atoms with Gasteiger partial charge >= 0.3 is 0 Å². The van der Waals surface area contributed by atoms with Crippen LogP contribution in [-0.2, 0) is 0 Å². The molecule has 2 N–H and O–H groups in total. The molecule has 0 aromatic carbocycles. The van der Waals surface area contributed by atoms with Crippen molar-refractivity contribution < 1.29 is 9.53 Å². The van der Waals surface area contributed by atoms with Crippen molar-refractivity contribution in [2.75, 3.05) is 13.2 Å². The molecule has 4 nitrogen and oxygen atoms in total. The fourth-order valence-corrected chi connectivity index (χ4v) is 1.70. The molecule has 1 heterocycles. The molecule has 0 aliphatic rings. The number of carbonyl (C=O) groups is 1. The van der Waals surface area contributed by atoms with Crippen LogP contribution in [0.5, 0.6) is 5.75 Å². The first kappa shape index (κ1) is 13.6. The fraction of sp³-hybridized carbons (Fsp3) is 0.538. The van der Waals surface area contributed by atoms with Crippen molar-refractivity contribution in [3.63, 3.8) is 0 Å². The van der Waals surface area contributed by atoms with E-state index in [1.807, 2.05) is 20.8 Å². The van der Waals surface area contributed by atoms with E-state index in [9.17, 15) is 4.79 Å². The highest BCUT2D eigenvalue weighted by atomic mass is 16.5. The van der Waals surface area contributed by atoms with Crippen LogP contribution in [0.2, 0.25) is 0 Å². The van der Waals surface area contributed by atoms with Crippen LogP contribution in [0.15, 0.2) is 18.5 Å². The van der Waals surface area contributed by atoms with Gasteiger partial charge in [-0.05, 0) is 18.9 Å². The highest BCUT2D eigenvalue weighted by molar-refractivity contribution is 5.98. The minimum atomic E-state index is -0.159. The molecule has 0 radical (unpaired) electrons. The van der Waals surface area contributed by atoms with E-state index >= 15 is 0 Å². The summed E-state index contributed by atoms with van der Waals surface area (Å²) in [5.41, 5.74) is 6.21. The number of nitrogens with two attached hydrogens (primary N) is 1. The molecule has 1 atom stereocenters. The van der Waals surface area contributed by atoms with E-state index in [-0.39, 0.29) is 17.6 Å². The van der Waals surface area contributed by atoms with Crippen LogP contribution in [0.1, 0.15) is 31.1 Å². The van der Waals surface area contributed by atoms with E-state index in [0.29, 0.717) is 24.5 Å². The first-order valence-corrected chi connectivity index (χ1v) is 5.92. The summed E-state index contributed by atoms with van der Waals surface area (Å²) in [7, 11) is 0. The van der Waals surface area contributed by atoms with Crippen LogP contribution in [0.4, 0.5) is 0 Å². The smallest absolute Gasteiger partial charge is 0.169 e. The van der Waals surface area contributed by atoms with Crippen molar-refractivity contribution in [2.45, 2.75) is 20.8 Å². The standard InChI is InChI=1S/C13H20N2O2/c1-4-17-11-5-10(7-15-8-11)13(16)12(6-14)9(2)3/h5,7-9,12H,4,6,14H2,1-3H3. The van der Waals surface area contributed by atoms with Gasteiger partial charge in [0, 0.05) is 24.2 Å². The van der Waals surface area contributed by atoms with Crippen molar-refractivity contribution in [3.05, 3.63) is 24.0 Å². The molecule has 0 fully saturated rings. The summed E-state index contributed by atoms with van der Waals surface area (Å²) >= 11 is 0. The van der Waals surface area contributed by atoms with Crippen molar-refractivity contribution in [3.8, 4) is 5.75 Å². The Morgan fingerprint density at radius 1 is 1.47 bits per heavy atom. The van der Waals surface area contributed by atoms with Gasteiger partial charge in [-0.25, -0.2) is 0 Å². The molecule has 17 heavy (non-hydrogen) atoms. The molecule has 0 aliphatic carbocycles. The molecule has 0 spiro atoms. The van der Waals surface area contributed by atoms with Crippen molar-refractivity contribution in [2.24, 2.45) is 17.6 Å². The Kier molecular flexibility index (Phi) is 5.10. The molecule has 1 aromatic heterocycles. The lowest BCUT2D eigenvalue weighted by atomic mass is 9.88. The van der Waals surface area contributed by atoms with Gasteiger partial charge in [0.25, 0.3) is 0 Å². The van der Waals surface area contributed by atoms with Crippen LogP contribution in [0.3, 0.4) is 0 Å². The Labute approximate surface area is 102 Å². The average Bonchev–Trinajstić information content (AvgIpc) is 2.30. The number of ketones is 1. The molecule has 94 valence electrons. The van der Waals surface area contributed by atoms with Gasteiger partial charge in [-0.15, -0.1) is 0 Å². The third-order valence-corrected chi connectivity index (χ3v) is 2.70. The van der Waals surface area contributed by atoms with Gasteiger partial charge in [0.1, 0.15) is 5.75 Å². The quantitative estimate of drug-likeness (QED) is 0.766. The minimum Gasteiger partial charge on any atom is -0.492 e. The van der Waals surface area contributed by atoms with Crippen molar-refractivity contribution in [1.29, 1.82) is 0 Å². The third-order valence-electron chi connectivity index (χ3n) is 2.70. The zero-order chi connectivity index (χ0) is 12.8. The normalized spacial score (nSPS) is 12.5. The largest absolute Gasteiger partial charge is 0.492 e. The second kappa shape index (κ2) is 6.35.